The van der Waals surface area contributed by atoms with Crippen LogP contribution >= 0.6 is 55.4 Å². The molecule has 1 unspecified atom stereocenters. The molecule has 2 rings (SSSR count). The Morgan fingerprint density at radius 1 is 1.56 bits per heavy atom. The summed E-state index contributed by atoms with van der Waals surface area (Å²) in [7, 11) is 0. The highest BCUT2D eigenvalue weighted by Crippen LogP contribution is 2.33. The van der Waals surface area contributed by atoms with Gasteiger partial charge in [-0.25, -0.2) is 0 Å². The Hall–Kier alpha value is 0.0200. The maximum atomic E-state index is 12.4. The van der Waals surface area contributed by atoms with Gasteiger partial charge in [0.15, 0.2) is 0 Å². The van der Waals surface area contributed by atoms with Crippen LogP contribution in [0.3, 0.4) is 0 Å². The molecule has 2 heterocycles. The number of thiophene rings is 1. The maximum absolute atomic E-state index is 12.4. The average molecular weight is 412 g/mol. The number of nitrogens with zero attached hydrogens (tertiary/aromatic N) is 1. The van der Waals surface area contributed by atoms with Crippen LogP contribution in [0, 0.1) is 5.92 Å². The number of hydrogen-bond donors (Lipinski definition) is 1. The molecule has 1 aliphatic heterocycles. The topological polar surface area (TPSA) is 46.3 Å². The van der Waals surface area contributed by atoms with Gasteiger partial charge in [-0.15, -0.1) is 11.3 Å². The van der Waals surface area contributed by atoms with Crippen molar-refractivity contribution >= 4 is 66.3 Å². The minimum atomic E-state index is 0.0461. The van der Waals surface area contributed by atoms with E-state index in [1.165, 1.54) is 11.3 Å². The van der Waals surface area contributed by atoms with E-state index in [0.717, 1.165) is 27.0 Å². The molecule has 0 saturated carbocycles. The molecule has 1 atom stereocenters. The summed E-state index contributed by atoms with van der Waals surface area (Å²) < 4.78 is 1.80. The van der Waals surface area contributed by atoms with Gasteiger partial charge in [0.05, 0.1) is 18.1 Å². The number of likely N-dealkylation sites (tertiary alicyclic amines) is 1. The van der Waals surface area contributed by atoms with Gasteiger partial charge in [0.25, 0.3) is 5.91 Å². The summed E-state index contributed by atoms with van der Waals surface area (Å²) in [6.07, 6.45) is 1.93. The van der Waals surface area contributed by atoms with Crippen LogP contribution in [0.5, 0.6) is 0 Å². The van der Waals surface area contributed by atoms with Crippen LogP contribution in [-0.4, -0.2) is 28.9 Å². The first kappa shape index (κ1) is 14.4. The Kier molecular flexibility index (Phi) is 4.80. The van der Waals surface area contributed by atoms with Crippen LogP contribution in [0.15, 0.2) is 13.6 Å². The number of amides is 1. The summed E-state index contributed by atoms with van der Waals surface area (Å²) in [5.41, 5.74) is 6.39. The molecule has 18 heavy (non-hydrogen) atoms. The number of carbonyl (C=O) groups is 1. The SMILES string of the molecule is NC(=S)C1CCCN(C(=O)c2cc(Br)sc2Br)C1. The van der Waals surface area contributed by atoms with Gasteiger partial charge >= 0.3 is 0 Å². The number of carbonyl (C=O) groups excluding carboxylic acids is 1. The Morgan fingerprint density at radius 3 is 2.83 bits per heavy atom. The van der Waals surface area contributed by atoms with Crippen LogP contribution in [0.4, 0.5) is 0 Å². The van der Waals surface area contributed by atoms with Gasteiger partial charge in [-0.05, 0) is 50.8 Å². The fraction of sp³-hybridized carbons (Fsp3) is 0.455. The second-order valence-corrected chi connectivity index (χ2v) is 8.45. The quantitative estimate of drug-likeness (QED) is 0.758. The Bertz CT molecular complexity index is 489. The summed E-state index contributed by atoms with van der Waals surface area (Å²) >= 11 is 13.3. The molecule has 0 bridgehead atoms. The first-order valence-electron chi connectivity index (χ1n) is 5.52. The lowest BCUT2D eigenvalue weighted by Crippen LogP contribution is -2.43. The fourth-order valence-corrected chi connectivity index (χ4v) is 5.02. The van der Waals surface area contributed by atoms with Gasteiger partial charge in [0.2, 0.25) is 0 Å². The summed E-state index contributed by atoms with van der Waals surface area (Å²) in [5, 5.41) is 0. The largest absolute Gasteiger partial charge is 0.393 e. The van der Waals surface area contributed by atoms with Gasteiger partial charge in [-0.3, -0.25) is 4.79 Å². The Morgan fingerprint density at radius 2 is 2.28 bits per heavy atom. The molecule has 2 N–H and O–H groups in total. The molecule has 1 aliphatic rings. The number of halogens is 2. The number of rotatable bonds is 2. The molecule has 0 aliphatic carbocycles. The maximum Gasteiger partial charge on any atom is 0.255 e. The third-order valence-corrected chi connectivity index (χ3v) is 5.67. The molecule has 0 radical (unpaired) electrons. The predicted molar refractivity (Wildman–Crippen MR) is 85.1 cm³/mol. The number of nitrogens with two attached hydrogens (primary N) is 1. The first-order chi connectivity index (χ1) is 8.49. The van der Waals surface area contributed by atoms with Gasteiger partial charge in [-0.1, -0.05) is 12.2 Å². The van der Waals surface area contributed by atoms with Crippen LogP contribution in [0.25, 0.3) is 0 Å². The zero-order valence-electron chi connectivity index (χ0n) is 9.49. The van der Waals surface area contributed by atoms with Crippen LogP contribution in [-0.2, 0) is 0 Å². The molecule has 1 fully saturated rings. The predicted octanol–water partition coefficient (Wildman–Crippen LogP) is 3.41. The lowest BCUT2D eigenvalue weighted by molar-refractivity contribution is 0.0703. The van der Waals surface area contributed by atoms with Crippen LogP contribution in [0.1, 0.15) is 23.2 Å². The molecule has 1 aromatic rings. The first-order valence-corrected chi connectivity index (χ1v) is 8.33. The van der Waals surface area contributed by atoms with Crippen molar-refractivity contribution in [1.82, 2.24) is 4.90 Å². The second-order valence-electron chi connectivity index (χ2n) is 4.23. The van der Waals surface area contributed by atoms with E-state index in [2.05, 4.69) is 31.9 Å². The van der Waals surface area contributed by atoms with E-state index in [9.17, 15) is 4.79 Å². The molecule has 1 saturated heterocycles. The van der Waals surface area contributed by atoms with Gasteiger partial charge < -0.3 is 10.6 Å². The van der Waals surface area contributed by atoms with Crippen molar-refractivity contribution in [1.29, 1.82) is 0 Å². The highest BCUT2D eigenvalue weighted by atomic mass is 79.9. The van der Waals surface area contributed by atoms with E-state index in [-0.39, 0.29) is 11.8 Å². The molecule has 1 amide bonds. The minimum Gasteiger partial charge on any atom is -0.393 e. The van der Waals surface area contributed by atoms with E-state index in [1.54, 1.807) is 0 Å². The van der Waals surface area contributed by atoms with E-state index in [0.29, 0.717) is 17.1 Å². The van der Waals surface area contributed by atoms with E-state index in [1.807, 2.05) is 11.0 Å². The highest BCUT2D eigenvalue weighted by molar-refractivity contribution is 9.12. The average Bonchev–Trinajstić information content (AvgIpc) is 2.67. The van der Waals surface area contributed by atoms with Crippen LogP contribution < -0.4 is 5.73 Å². The molecule has 0 spiro atoms. The number of piperidine rings is 1. The molecule has 1 aromatic heterocycles. The molecular formula is C11H12Br2N2OS2. The van der Waals surface area contributed by atoms with Crippen molar-refractivity contribution in [2.24, 2.45) is 11.7 Å². The Balaban J connectivity index is 2.14. The summed E-state index contributed by atoms with van der Waals surface area (Å²) in [6, 6.07) is 1.85. The molecule has 0 aromatic carbocycles. The summed E-state index contributed by atoms with van der Waals surface area (Å²) in [5.74, 6) is 0.198. The standard InChI is InChI=1S/C11H12Br2N2OS2/c12-8-4-7(9(13)18-8)11(16)15-3-1-2-6(5-15)10(14)17/h4,6H,1-3,5H2,(H2,14,17). The van der Waals surface area contributed by atoms with Gasteiger partial charge in [0, 0.05) is 19.0 Å². The zero-order valence-corrected chi connectivity index (χ0v) is 14.3. The molecular weight excluding hydrogens is 400 g/mol. The van der Waals surface area contributed by atoms with Crippen molar-refractivity contribution < 1.29 is 4.79 Å². The normalized spacial score (nSPS) is 19.9. The monoisotopic (exact) mass is 410 g/mol. The zero-order chi connectivity index (χ0) is 13.3. The summed E-state index contributed by atoms with van der Waals surface area (Å²) in [4.78, 5) is 14.8. The third-order valence-electron chi connectivity index (χ3n) is 3.00. The number of hydrogen-bond acceptors (Lipinski definition) is 3. The minimum absolute atomic E-state index is 0.0461. The van der Waals surface area contributed by atoms with Crippen molar-refractivity contribution in [3.05, 3.63) is 19.2 Å². The van der Waals surface area contributed by atoms with Crippen molar-refractivity contribution in [2.45, 2.75) is 12.8 Å². The van der Waals surface area contributed by atoms with Gasteiger partial charge in [0.1, 0.15) is 0 Å². The molecule has 98 valence electrons. The second kappa shape index (κ2) is 5.98. The third kappa shape index (κ3) is 3.12. The Labute approximate surface area is 132 Å². The number of thiocarbonyl (C=S) groups is 1. The molecule has 3 nitrogen and oxygen atoms in total. The van der Waals surface area contributed by atoms with Crippen LogP contribution in [0.2, 0.25) is 0 Å². The lowest BCUT2D eigenvalue weighted by atomic mass is 9.98. The van der Waals surface area contributed by atoms with Crippen molar-refractivity contribution in [2.75, 3.05) is 13.1 Å². The molecule has 7 heteroatoms. The lowest BCUT2D eigenvalue weighted by Gasteiger charge is -2.32. The fourth-order valence-electron chi connectivity index (χ4n) is 2.05. The van der Waals surface area contributed by atoms with E-state index >= 15 is 0 Å². The van der Waals surface area contributed by atoms with Crippen molar-refractivity contribution in [3.8, 4) is 0 Å². The van der Waals surface area contributed by atoms with Gasteiger partial charge in [-0.2, -0.15) is 0 Å². The highest BCUT2D eigenvalue weighted by Gasteiger charge is 2.27. The summed E-state index contributed by atoms with van der Waals surface area (Å²) in [6.45, 7) is 1.41. The smallest absolute Gasteiger partial charge is 0.255 e. The van der Waals surface area contributed by atoms with E-state index in [4.69, 9.17) is 18.0 Å². The van der Waals surface area contributed by atoms with Crippen molar-refractivity contribution in [3.63, 3.8) is 0 Å². The van der Waals surface area contributed by atoms with E-state index < -0.39 is 0 Å².